The van der Waals surface area contributed by atoms with Gasteiger partial charge in [0.2, 0.25) is 0 Å². The molecule has 1 N–H and O–H groups in total. The lowest BCUT2D eigenvalue weighted by Gasteiger charge is -2.21. The number of nitrogens with zero attached hydrogens (tertiary/aromatic N) is 3. The molecule has 0 atom stereocenters. The van der Waals surface area contributed by atoms with Gasteiger partial charge in [-0.05, 0) is 13.8 Å². The molecule has 0 saturated heterocycles. The highest BCUT2D eigenvalue weighted by atomic mass is 16.5. The number of rotatable bonds is 7. The first-order valence-electron chi connectivity index (χ1n) is 5.56. The van der Waals surface area contributed by atoms with Crippen molar-refractivity contribution in [1.29, 1.82) is 0 Å². The number of anilines is 1. The predicted octanol–water partition coefficient (Wildman–Crippen LogP) is 0.832. The molecule has 1 rings (SSSR count). The van der Waals surface area contributed by atoms with Gasteiger partial charge in [-0.3, -0.25) is 4.98 Å². The standard InChI is InChI=1S/C11H19N3O2/c1-3-14(5-6-16-4-2)11-8-12-10(9-15)7-13-11/h7-8,15H,3-6,9H2,1-2H3. The molecule has 0 radical (unpaired) electrons. The predicted molar refractivity (Wildman–Crippen MR) is 62.3 cm³/mol. The largest absolute Gasteiger partial charge is 0.390 e. The van der Waals surface area contributed by atoms with Gasteiger partial charge in [-0.25, -0.2) is 4.98 Å². The van der Waals surface area contributed by atoms with E-state index in [0.29, 0.717) is 12.3 Å². The molecule has 0 aliphatic rings. The molecule has 1 aromatic heterocycles. The summed E-state index contributed by atoms with van der Waals surface area (Å²) < 4.78 is 5.30. The van der Waals surface area contributed by atoms with Gasteiger partial charge in [-0.1, -0.05) is 0 Å². The van der Waals surface area contributed by atoms with Gasteiger partial charge in [0.05, 0.1) is 31.3 Å². The highest BCUT2D eigenvalue weighted by Gasteiger charge is 2.05. The number of hydrogen-bond acceptors (Lipinski definition) is 5. The number of likely N-dealkylation sites (N-methyl/N-ethyl adjacent to an activating group) is 1. The SMILES string of the molecule is CCOCCN(CC)c1cnc(CO)cn1. The van der Waals surface area contributed by atoms with E-state index in [-0.39, 0.29) is 6.61 Å². The molecule has 0 saturated carbocycles. The van der Waals surface area contributed by atoms with Gasteiger partial charge in [-0.15, -0.1) is 0 Å². The van der Waals surface area contributed by atoms with E-state index < -0.39 is 0 Å². The Morgan fingerprint density at radius 1 is 1.31 bits per heavy atom. The van der Waals surface area contributed by atoms with Gasteiger partial charge in [0.15, 0.2) is 0 Å². The van der Waals surface area contributed by atoms with Crippen LogP contribution in [0.25, 0.3) is 0 Å². The Labute approximate surface area is 96.1 Å². The molecule has 5 nitrogen and oxygen atoms in total. The molecule has 0 fully saturated rings. The van der Waals surface area contributed by atoms with E-state index in [1.54, 1.807) is 12.4 Å². The second-order valence-corrected chi connectivity index (χ2v) is 3.30. The number of aliphatic hydroxyl groups excluding tert-OH is 1. The fourth-order valence-electron chi connectivity index (χ4n) is 1.35. The minimum atomic E-state index is -0.0711. The minimum absolute atomic E-state index is 0.0711. The Kier molecular flexibility index (Phi) is 5.74. The van der Waals surface area contributed by atoms with E-state index in [4.69, 9.17) is 9.84 Å². The third-order valence-electron chi connectivity index (χ3n) is 2.27. The first-order chi connectivity index (χ1) is 7.81. The number of aromatic nitrogens is 2. The van der Waals surface area contributed by atoms with Crippen molar-refractivity contribution in [3.8, 4) is 0 Å². The molecule has 0 amide bonds. The maximum Gasteiger partial charge on any atom is 0.147 e. The van der Waals surface area contributed by atoms with E-state index >= 15 is 0 Å². The summed E-state index contributed by atoms with van der Waals surface area (Å²) in [5.41, 5.74) is 0.588. The molecule has 90 valence electrons. The second-order valence-electron chi connectivity index (χ2n) is 3.30. The van der Waals surface area contributed by atoms with Crippen LogP contribution in [0.4, 0.5) is 5.82 Å². The van der Waals surface area contributed by atoms with Gasteiger partial charge >= 0.3 is 0 Å². The van der Waals surface area contributed by atoms with Crippen LogP contribution in [0.15, 0.2) is 12.4 Å². The van der Waals surface area contributed by atoms with Crippen LogP contribution in [0.2, 0.25) is 0 Å². The van der Waals surface area contributed by atoms with Crippen molar-refractivity contribution in [2.45, 2.75) is 20.5 Å². The maximum absolute atomic E-state index is 8.86. The van der Waals surface area contributed by atoms with Crippen molar-refractivity contribution in [2.24, 2.45) is 0 Å². The zero-order valence-electron chi connectivity index (χ0n) is 9.89. The molecule has 5 heteroatoms. The zero-order valence-corrected chi connectivity index (χ0v) is 9.89. The lowest BCUT2D eigenvalue weighted by molar-refractivity contribution is 0.154. The van der Waals surface area contributed by atoms with Crippen LogP contribution < -0.4 is 4.90 Å². The van der Waals surface area contributed by atoms with Crippen LogP contribution in [0, 0.1) is 0 Å². The smallest absolute Gasteiger partial charge is 0.147 e. The van der Waals surface area contributed by atoms with Gasteiger partial charge in [0.1, 0.15) is 5.82 Å². The highest BCUT2D eigenvalue weighted by molar-refractivity contribution is 5.35. The zero-order chi connectivity index (χ0) is 11.8. The van der Waals surface area contributed by atoms with Gasteiger partial charge < -0.3 is 14.7 Å². The average Bonchev–Trinajstić information content (AvgIpc) is 2.35. The van der Waals surface area contributed by atoms with Crippen LogP contribution in [-0.2, 0) is 11.3 Å². The summed E-state index contributed by atoms with van der Waals surface area (Å²) in [4.78, 5) is 10.4. The van der Waals surface area contributed by atoms with E-state index in [1.165, 1.54) is 0 Å². The lowest BCUT2D eigenvalue weighted by atomic mass is 10.4. The molecule has 0 aliphatic carbocycles. The molecule has 0 aromatic carbocycles. The normalized spacial score (nSPS) is 10.4. The molecule has 0 aliphatic heterocycles. The fraction of sp³-hybridized carbons (Fsp3) is 0.636. The van der Waals surface area contributed by atoms with Crippen molar-refractivity contribution < 1.29 is 9.84 Å². The van der Waals surface area contributed by atoms with Crippen LogP contribution in [0.3, 0.4) is 0 Å². The highest BCUT2D eigenvalue weighted by Crippen LogP contribution is 2.08. The number of hydrogen-bond donors (Lipinski definition) is 1. The number of ether oxygens (including phenoxy) is 1. The van der Waals surface area contributed by atoms with E-state index in [0.717, 1.165) is 25.5 Å². The van der Waals surface area contributed by atoms with Crippen molar-refractivity contribution in [1.82, 2.24) is 9.97 Å². The summed E-state index contributed by atoms with van der Waals surface area (Å²) in [5, 5.41) is 8.86. The molecule has 16 heavy (non-hydrogen) atoms. The molecular formula is C11H19N3O2. The lowest BCUT2D eigenvalue weighted by Crippen LogP contribution is -2.28. The van der Waals surface area contributed by atoms with Crippen molar-refractivity contribution in [3.05, 3.63) is 18.1 Å². The van der Waals surface area contributed by atoms with Crippen molar-refractivity contribution >= 4 is 5.82 Å². The second kappa shape index (κ2) is 7.14. The third kappa shape index (κ3) is 3.75. The molecule has 1 heterocycles. The molecule has 1 aromatic rings. The Bertz CT molecular complexity index is 290. The topological polar surface area (TPSA) is 58.5 Å². The third-order valence-corrected chi connectivity index (χ3v) is 2.27. The van der Waals surface area contributed by atoms with Gasteiger partial charge in [0.25, 0.3) is 0 Å². The Morgan fingerprint density at radius 2 is 2.12 bits per heavy atom. The van der Waals surface area contributed by atoms with Crippen LogP contribution >= 0.6 is 0 Å². The fourth-order valence-corrected chi connectivity index (χ4v) is 1.35. The molecule has 0 spiro atoms. The average molecular weight is 225 g/mol. The Morgan fingerprint density at radius 3 is 2.62 bits per heavy atom. The summed E-state index contributed by atoms with van der Waals surface area (Å²) in [6, 6.07) is 0. The van der Waals surface area contributed by atoms with E-state index in [9.17, 15) is 0 Å². The maximum atomic E-state index is 8.86. The van der Waals surface area contributed by atoms with Gasteiger partial charge in [0, 0.05) is 19.7 Å². The first-order valence-corrected chi connectivity index (χ1v) is 5.56. The molecular weight excluding hydrogens is 206 g/mol. The summed E-state index contributed by atoms with van der Waals surface area (Å²) >= 11 is 0. The number of aliphatic hydroxyl groups is 1. The van der Waals surface area contributed by atoms with Crippen LogP contribution in [0.5, 0.6) is 0 Å². The molecule has 0 unspecified atom stereocenters. The summed E-state index contributed by atoms with van der Waals surface area (Å²) in [5.74, 6) is 0.819. The monoisotopic (exact) mass is 225 g/mol. The minimum Gasteiger partial charge on any atom is -0.390 e. The summed E-state index contributed by atoms with van der Waals surface area (Å²) in [7, 11) is 0. The van der Waals surface area contributed by atoms with E-state index in [2.05, 4.69) is 21.8 Å². The summed E-state index contributed by atoms with van der Waals surface area (Å²) in [6.07, 6.45) is 3.28. The van der Waals surface area contributed by atoms with Crippen LogP contribution in [0.1, 0.15) is 19.5 Å². The quantitative estimate of drug-likeness (QED) is 0.697. The molecule has 0 bridgehead atoms. The van der Waals surface area contributed by atoms with Gasteiger partial charge in [-0.2, -0.15) is 0 Å². The van der Waals surface area contributed by atoms with E-state index in [1.807, 2.05) is 6.92 Å². The van der Waals surface area contributed by atoms with Crippen molar-refractivity contribution in [2.75, 3.05) is 31.2 Å². The van der Waals surface area contributed by atoms with Crippen molar-refractivity contribution in [3.63, 3.8) is 0 Å². The first kappa shape index (κ1) is 12.9. The van der Waals surface area contributed by atoms with Crippen LogP contribution in [-0.4, -0.2) is 41.4 Å². The summed E-state index contributed by atoms with van der Waals surface area (Å²) in [6.45, 7) is 7.05. The Hall–Kier alpha value is -1.20. The Balaban J connectivity index is 2.56.